The number of para-hydroxylation sites is 1. The van der Waals surface area contributed by atoms with Gasteiger partial charge in [-0.15, -0.1) is 11.3 Å². The quantitative estimate of drug-likeness (QED) is 0.234. The highest BCUT2D eigenvalue weighted by Gasteiger charge is 2.47. The van der Waals surface area contributed by atoms with Crippen molar-refractivity contribution >= 4 is 56.5 Å². The zero-order valence-corrected chi connectivity index (χ0v) is 23.3. The molecule has 0 N–H and O–H groups in total. The Bertz CT molecular complexity index is 1420. The second kappa shape index (κ2) is 9.73. The highest BCUT2D eigenvalue weighted by Crippen LogP contribution is 2.50. The number of aromatic nitrogens is 1. The van der Waals surface area contributed by atoms with E-state index in [0.717, 1.165) is 43.0 Å². The van der Waals surface area contributed by atoms with Crippen molar-refractivity contribution in [1.82, 2.24) is 4.98 Å². The van der Waals surface area contributed by atoms with Crippen LogP contribution >= 0.6 is 34.7 Å². The zero-order valence-electron chi connectivity index (χ0n) is 20.9. The Labute approximate surface area is 225 Å². The van der Waals surface area contributed by atoms with Gasteiger partial charge in [0.2, 0.25) is 5.91 Å². The summed E-state index contributed by atoms with van der Waals surface area (Å²) in [6, 6.07) is 22.3. The molecule has 0 fully saturated rings. The average molecular weight is 537 g/mol. The number of nitrogens with zero attached hydrogens (tertiary/aromatic N) is 2. The number of thioether (sulfide) groups is 1. The minimum Gasteiger partial charge on any atom is -0.494 e. The largest absolute Gasteiger partial charge is 0.494 e. The summed E-state index contributed by atoms with van der Waals surface area (Å²) in [4.78, 5) is 20.5. The Balaban J connectivity index is 1.42. The van der Waals surface area contributed by atoms with Crippen molar-refractivity contribution in [3.05, 3.63) is 82.9 Å². The predicted octanol–water partition coefficient (Wildman–Crippen LogP) is 7.96. The molecule has 0 saturated heterocycles. The topological polar surface area (TPSA) is 42.4 Å². The van der Waals surface area contributed by atoms with Gasteiger partial charge in [-0.3, -0.25) is 4.79 Å². The standard InChI is InChI=1S/C29H29ClN2O2S2/c1-5-34-21-14-15-23-25(16-21)36-27(31-23)35-17-26(33)32-24-9-7-6-8-22(24)29(4,18-28(32,2)3)19-10-12-20(30)13-11-19/h6-16H,5,17-18H2,1-4H3/t29-/m1/s1. The van der Waals surface area contributed by atoms with Crippen molar-refractivity contribution in [2.45, 2.75) is 49.4 Å². The Morgan fingerprint density at radius 1 is 1.11 bits per heavy atom. The predicted molar refractivity (Wildman–Crippen MR) is 152 cm³/mol. The average Bonchev–Trinajstić information content (AvgIpc) is 3.25. The number of halogens is 1. The van der Waals surface area contributed by atoms with Crippen LogP contribution in [-0.2, 0) is 10.2 Å². The molecule has 1 atom stereocenters. The Morgan fingerprint density at radius 3 is 2.61 bits per heavy atom. The number of carbonyl (C=O) groups excluding carboxylic acids is 1. The molecule has 0 aliphatic carbocycles. The van der Waals surface area contributed by atoms with Gasteiger partial charge in [-0.2, -0.15) is 0 Å². The number of ether oxygens (including phenoxy) is 1. The van der Waals surface area contributed by atoms with Gasteiger partial charge in [0, 0.05) is 21.7 Å². The smallest absolute Gasteiger partial charge is 0.237 e. The van der Waals surface area contributed by atoms with E-state index in [-0.39, 0.29) is 16.9 Å². The first-order valence-corrected chi connectivity index (χ1v) is 14.2. The van der Waals surface area contributed by atoms with Crippen LogP contribution in [0.5, 0.6) is 5.75 Å². The molecule has 0 radical (unpaired) electrons. The maximum atomic E-state index is 13.7. The van der Waals surface area contributed by atoms with E-state index in [0.29, 0.717) is 12.4 Å². The highest BCUT2D eigenvalue weighted by atomic mass is 35.5. The third-order valence-corrected chi connectivity index (χ3v) is 9.23. The second-order valence-corrected chi connectivity index (χ2v) is 12.6. The fraction of sp³-hybridized carbons (Fsp3) is 0.310. The van der Waals surface area contributed by atoms with Gasteiger partial charge in [-0.1, -0.05) is 60.6 Å². The Kier molecular flexibility index (Phi) is 6.79. The first kappa shape index (κ1) is 25.1. The summed E-state index contributed by atoms with van der Waals surface area (Å²) in [6.45, 7) is 9.19. The highest BCUT2D eigenvalue weighted by molar-refractivity contribution is 8.01. The van der Waals surface area contributed by atoms with Crippen LogP contribution in [0.15, 0.2) is 71.1 Å². The first-order valence-electron chi connectivity index (χ1n) is 12.1. The van der Waals surface area contributed by atoms with E-state index < -0.39 is 0 Å². The summed E-state index contributed by atoms with van der Waals surface area (Å²) in [5.74, 6) is 1.26. The number of thiazole rings is 1. The van der Waals surface area contributed by atoms with Crippen molar-refractivity contribution in [2.24, 2.45) is 0 Å². The number of amides is 1. The molecule has 1 aliphatic heterocycles. The Hall–Kier alpha value is -2.54. The van der Waals surface area contributed by atoms with Crippen molar-refractivity contribution in [3.8, 4) is 5.75 Å². The molecule has 7 heteroatoms. The van der Waals surface area contributed by atoms with Crippen molar-refractivity contribution in [3.63, 3.8) is 0 Å². The van der Waals surface area contributed by atoms with Gasteiger partial charge >= 0.3 is 0 Å². The lowest BCUT2D eigenvalue weighted by Crippen LogP contribution is -2.56. The number of fused-ring (bicyclic) bond motifs is 2. The normalized spacial score (nSPS) is 18.8. The molecule has 186 valence electrons. The molecule has 36 heavy (non-hydrogen) atoms. The zero-order chi connectivity index (χ0) is 25.5. The molecule has 2 heterocycles. The fourth-order valence-electron chi connectivity index (χ4n) is 5.44. The van der Waals surface area contributed by atoms with Crippen LogP contribution in [0.1, 0.15) is 45.2 Å². The lowest BCUT2D eigenvalue weighted by atomic mass is 9.65. The van der Waals surface area contributed by atoms with Crippen LogP contribution in [0.3, 0.4) is 0 Å². The molecule has 0 bridgehead atoms. The number of hydrogen-bond acceptors (Lipinski definition) is 5. The van der Waals surface area contributed by atoms with Crippen LogP contribution in [-0.4, -0.2) is 28.8 Å². The third kappa shape index (κ3) is 4.62. The van der Waals surface area contributed by atoms with E-state index in [4.69, 9.17) is 21.3 Å². The maximum Gasteiger partial charge on any atom is 0.237 e. The van der Waals surface area contributed by atoms with E-state index in [1.54, 1.807) is 11.3 Å². The SMILES string of the molecule is CCOc1ccc2nc(SCC(=O)N3c4ccccc4[C@@](C)(c4ccc(Cl)cc4)CC3(C)C)sc2c1. The summed E-state index contributed by atoms with van der Waals surface area (Å²) in [7, 11) is 0. The summed E-state index contributed by atoms with van der Waals surface area (Å²) < 4.78 is 7.57. The molecule has 1 amide bonds. The van der Waals surface area contributed by atoms with Crippen molar-refractivity contribution < 1.29 is 9.53 Å². The third-order valence-electron chi connectivity index (χ3n) is 6.83. The molecule has 4 aromatic rings. The molecule has 1 aromatic heterocycles. The van der Waals surface area contributed by atoms with E-state index in [1.807, 2.05) is 48.2 Å². The number of anilines is 1. The van der Waals surface area contributed by atoms with Gasteiger partial charge in [-0.05, 0) is 74.7 Å². The molecule has 3 aromatic carbocycles. The number of carbonyl (C=O) groups is 1. The number of rotatable bonds is 6. The molecular formula is C29H29ClN2O2S2. The van der Waals surface area contributed by atoms with E-state index in [2.05, 4.69) is 51.1 Å². The lowest BCUT2D eigenvalue weighted by Gasteiger charge is -2.51. The second-order valence-electron chi connectivity index (χ2n) is 9.91. The van der Waals surface area contributed by atoms with Crippen molar-refractivity contribution in [2.75, 3.05) is 17.3 Å². The molecular weight excluding hydrogens is 508 g/mol. The van der Waals surface area contributed by atoms with Gasteiger partial charge in [0.05, 0.1) is 22.6 Å². The van der Waals surface area contributed by atoms with Crippen LogP contribution in [0, 0.1) is 0 Å². The lowest BCUT2D eigenvalue weighted by molar-refractivity contribution is -0.117. The molecule has 0 unspecified atom stereocenters. The Morgan fingerprint density at radius 2 is 1.86 bits per heavy atom. The summed E-state index contributed by atoms with van der Waals surface area (Å²) in [5.41, 5.74) is 3.66. The monoisotopic (exact) mass is 536 g/mol. The van der Waals surface area contributed by atoms with Gasteiger partial charge in [0.15, 0.2) is 4.34 Å². The van der Waals surface area contributed by atoms with Crippen LogP contribution in [0.4, 0.5) is 5.69 Å². The van der Waals surface area contributed by atoms with Crippen LogP contribution in [0.2, 0.25) is 5.02 Å². The van der Waals surface area contributed by atoms with E-state index in [1.165, 1.54) is 17.3 Å². The van der Waals surface area contributed by atoms with E-state index in [9.17, 15) is 4.79 Å². The summed E-state index contributed by atoms with van der Waals surface area (Å²) in [6.07, 6.45) is 0.802. The van der Waals surface area contributed by atoms with E-state index >= 15 is 0 Å². The maximum absolute atomic E-state index is 13.7. The van der Waals surface area contributed by atoms with Gasteiger partial charge in [0.25, 0.3) is 0 Å². The molecule has 0 spiro atoms. The van der Waals surface area contributed by atoms with Crippen LogP contribution in [0.25, 0.3) is 10.2 Å². The fourth-order valence-corrected chi connectivity index (χ4v) is 7.51. The van der Waals surface area contributed by atoms with Gasteiger partial charge in [-0.25, -0.2) is 4.98 Å². The first-order chi connectivity index (χ1) is 17.2. The summed E-state index contributed by atoms with van der Waals surface area (Å²) in [5, 5.41) is 0.725. The van der Waals surface area contributed by atoms with Crippen molar-refractivity contribution in [1.29, 1.82) is 0 Å². The molecule has 1 aliphatic rings. The number of benzene rings is 3. The van der Waals surface area contributed by atoms with Gasteiger partial charge in [0.1, 0.15) is 5.75 Å². The number of hydrogen-bond donors (Lipinski definition) is 0. The molecule has 4 nitrogen and oxygen atoms in total. The minimum absolute atomic E-state index is 0.0878. The molecule has 5 rings (SSSR count). The summed E-state index contributed by atoms with van der Waals surface area (Å²) >= 11 is 9.29. The molecule has 0 saturated carbocycles. The van der Waals surface area contributed by atoms with Gasteiger partial charge < -0.3 is 9.64 Å². The van der Waals surface area contributed by atoms with Crippen LogP contribution < -0.4 is 9.64 Å². The minimum atomic E-state index is -0.375.